The van der Waals surface area contributed by atoms with Crippen LogP contribution in [0.25, 0.3) is 0 Å². The van der Waals surface area contributed by atoms with Crippen LogP contribution in [-0.2, 0) is 55.8 Å². The monoisotopic (exact) mass is 1590 g/mol. The van der Waals surface area contributed by atoms with Gasteiger partial charge in [0.05, 0.1) is 26.4 Å². The lowest BCUT2D eigenvalue weighted by Gasteiger charge is -2.21. The van der Waals surface area contributed by atoms with Crippen molar-refractivity contribution in [1.82, 2.24) is 0 Å². The summed E-state index contributed by atoms with van der Waals surface area (Å²) in [4.78, 5) is 58.9. The fourth-order valence-corrected chi connectivity index (χ4v) is 12.4. The number of hydrogen-bond donors (Lipinski definition) is 4. The van der Waals surface area contributed by atoms with E-state index >= 15 is 0 Å². The van der Waals surface area contributed by atoms with Gasteiger partial charge in [0, 0.05) is 19.3 Å². The Morgan fingerprint density at radius 1 is 0.261 bits per heavy atom. The number of aliphatic hydroxyl groups is 2. The molecule has 0 aliphatic heterocycles. The van der Waals surface area contributed by atoms with Gasteiger partial charge in [-0.25, -0.2) is 9.13 Å². The van der Waals surface area contributed by atoms with Gasteiger partial charge >= 0.3 is 33.6 Å². The molecule has 0 aliphatic rings. The van der Waals surface area contributed by atoms with Crippen molar-refractivity contribution >= 4 is 33.6 Å². The summed E-state index contributed by atoms with van der Waals surface area (Å²) < 4.78 is 61.3. The van der Waals surface area contributed by atoms with E-state index in [-0.39, 0.29) is 19.3 Å². The number of hydrogen-bond acceptors (Lipinski definition) is 14. The largest absolute Gasteiger partial charge is 0.472 e. The van der Waals surface area contributed by atoms with Crippen LogP contribution in [0.4, 0.5) is 0 Å². The summed E-state index contributed by atoms with van der Waals surface area (Å²) in [5.74, 6) is -1.63. The molecular weight excluding hydrogens is 1430 g/mol. The molecule has 0 saturated carbocycles. The second kappa shape index (κ2) is 83.8. The Kier molecular flexibility index (Phi) is 79.6. The number of aliphatic hydroxyl groups excluding tert-OH is 2. The van der Waals surface area contributed by atoms with E-state index in [9.17, 15) is 43.5 Å². The lowest BCUT2D eigenvalue weighted by atomic mass is 10.1. The minimum atomic E-state index is -4.96. The van der Waals surface area contributed by atoms with Crippen molar-refractivity contribution in [2.75, 3.05) is 39.6 Å². The molecule has 16 nitrogen and oxygen atoms in total. The first-order chi connectivity index (χ1) is 54.2. The number of rotatable bonds is 79. The molecule has 0 spiro atoms. The Morgan fingerprint density at radius 2 is 0.477 bits per heavy atom. The number of unbranched alkanes of at least 4 members (excludes halogenated alkanes) is 24. The Morgan fingerprint density at radius 3 is 0.757 bits per heavy atom. The Labute approximate surface area is 674 Å². The zero-order valence-electron chi connectivity index (χ0n) is 69.1. The predicted octanol–water partition coefficient (Wildman–Crippen LogP) is 25.9. The minimum absolute atomic E-state index is 0.0786. The van der Waals surface area contributed by atoms with Crippen molar-refractivity contribution in [2.45, 2.75) is 334 Å². The van der Waals surface area contributed by atoms with Gasteiger partial charge in [0.2, 0.25) is 0 Å². The van der Waals surface area contributed by atoms with Crippen LogP contribution in [0.2, 0.25) is 0 Å². The summed E-state index contributed by atoms with van der Waals surface area (Å²) >= 11 is 0. The van der Waals surface area contributed by atoms with Crippen LogP contribution in [0.5, 0.6) is 0 Å². The molecule has 0 aromatic carbocycles. The molecule has 0 heterocycles. The summed E-state index contributed by atoms with van der Waals surface area (Å²) in [7, 11) is -9.83. The molecule has 5 unspecified atom stereocenters. The van der Waals surface area contributed by atoms with E-state index in [1.807, 2.05) is 0 Å². The van der Waals surface area contributed by atoms with Crippen LogP contribution < -0.4 is 0 Å². The minimum Gasteiger partial charge on any atom is -0.463 e. The first-order valence-electron chi connectivity index (χ1n) is 42.7. The first-order valence-corrected chi connectivity index (χ1v) is 45.7. The SMILES string of the molecule is CC/C=C\C/C=C\C/C=C\C/C=C\C/C=C\C/C=C\CCCCCCCCCCCCC(=O)OCC(O)COP(=O)(O)OCC(O)COP(=O)(O)OCC(COC(=O)CCCCCC/C=C\C/C=C\C/C=C\C/C=C\C/C=C\C/C=C\CC)OC(=O)CCCCCCCCC/C=C\C/C=C\C/C=C\C/C=C\CCCCC. The maximum Gasteiger partial charge on any atom is 0.472 e. The normalized spacial score (nSPS) is 14.8. The number of carbonyl (C=O) groups is 3. The zero-order valence-corrected chi connectivity index (χ0v) is 70.8. The number of esters is 3. The molecule has 0 aliphatic carbocycles. The molecule has 18 heteroatoms. The van der Waals surface area contributed by atoms with Crippen molar-refractivity contribution in [2.24, 2.45) is 0 Å². The molecule has 0 fully saturated rings. The van der Waals surface area contributed by atoms with Gasteiger partial charge in [-0.15, -0.1) is 0 Å². The third-order valence-corrected chi connectivity index (χ3v) is 19.2. The van der Waals surface area contributed by atoms with Gasteiger partial charge in [-0.1, -0.05) is 324 Å². The van der Waals surface area contributed by atoms with Crippen LogP contribution in [0.3, 0.4) is 0 Å². The molecule has 0 amide bonds. The average molecular weight is 1590 g/mol. The fraction of sp³-hybridized carbons (Fsp3) is 0.624. The average Bonchev–Trinajstić information content (AvgIpc) is 0.900. The summed E-state index contributed by atoms with van der Waals surface area (Å²) in [5.41, 5.74) is 0. The maximum absolute atomic E-state index is 13.0. The van der Waals surface area contributed by atoms with Crippen molar-refractivity contribution in [3.8, 4) is 0 Å². The van der Waals surface area contributed by atoms with Crippen LogP contribution in [-0.4, -0.2) is 95.9 Å². The Balaban J connectivity index is 4.70. The van der Waals surface area contributed by atoms with Gasteiger partial charge in [-0.2, -0.15) is 0 Å². The molecule has 630 valence electrons. The summed E-state index contributed by atoms with van der Waals surface area (Å²) in [6.45, 7) is 2.38. The van der Waals surface area contributed by atoms with Gasteiger partial charge in [0.1, 0.15) is 25.4 Å². The van der Waals surface area contributed by atoms with E-state index in [0.717, 1.165) is 199 Å². The number of allylic oxidation sites excluding steroid dienone is 32. The van der Waals surface area contributed by atoms with Crippen LogP contribution in [0, 0.1) is 0 Å². The highest BCUT2D eigenvalue weighted by molar-refractivity contribution is 7.47. The van der Waals surface area contributed by atoms with Gasteiger partial charge in [0.15, 0.2) is 6.10 Å². The molecule has 0 saturated heterocycles. The fourth-order valence-electron chi connectivity index (χ4n) is 10.9. The third kappa shape index (κ3) is 85.1. The van der Waals surface area contributed by atoms with E-state index in [1.165, 1.54) is 57.8 Å². The molecule has 4 N–H and O–H groups in total. The highest BCUT2D eigenvalue weighted by Gasteiger charge is 2.29. The topological polar surface area (TPSA) is 231 Å². The second-order valence-corrected chi connectivity index (χ2v) is 30.8. The summed E-state index contributed by atoms with van der Waals surface area (Å²) in [6.07, 6.45) is 110. The molecule has 0 bridgehead atoms. The standard InChI is InChI=1S/C93H152O16P2/c1-4-7-10-13-16-19-22-25-28-31-34-37-40-41-42-43-44-45-48-50-52-55-58-61-64-67-70-73-76-79-91(96)103-82-88(94)83-105-110(99,100)106-84-89(95)85-107-111(101,102)108-87-90(109-93(98)81-78-75-72-69-66-63-60-57-54-51-47-39-36-33-30-27-24-21-18-15-12-9-6-3)86-104-92(97)80-77-74-71-68-65-62-59-56-53-49-46-38-35-32-29-26-23-20-17-14-11-8-5-2/h7-8,10-11,16-21,25-30,34-39,41-42,44-45,49,51,53-54,59,62,88-90,94-95H,4-6,9,12-15,22-24,31-33,40,43,46-48,50,52,55-58,60-61,63-87H2,1-3H3,(H,99,100)(H,101,102)/b10-7-,11-8-,19-16-,20-17-,21-18-,28-25-,29-26-,30-27-,37-34-,38-35-,39-36-,42-41-,45-44-,53-49-,54-51-,62-59-. The molecule has 0 aromatic heterocycles. The van der Waals surface area contributed by atoms with E-state index in [1.54, 1.807) is 0 Å². The first kappa shape index (κ1) is 105. The maximum atomic E-state index is 13.0. The number of ether oxygens (including phenoxy) is 3. The van der Waals surface area contributed by atoms with Gasteiger partial charge < -0.3 is 34.2 Å². The Bertz CT molecular complexity index is 2800. The van der Waals surface area contributed by atoms with Crippen LogP contribution >= 0.6 is 15.6 Å². The van der Waals surface area contributed by atoms with Gasteiger partial charge in [-0.05, 0) is 167 Å². The number of carbonyl (C=O) groups excluding carboxylic acids is 3. The molecule has 111 heavy (non-hydrogen) atoms. The van der Waals surface area contributed by atoms with Gasteiger partial charge in [-0.3, -0.25) is 32.5 Å². The molecular formula is C93H152O16P2. The van der Waals surface area contributed by atoms with Crippen LogP contribution in [0.15, 0.2) is 194 Å². The van der Waals surface area contributed by atoms with Gasteiger partial charge in [0.25, 0.3) is 0 Å². The highest BCUT2D eigenvalue weighted by atomic mass is 31.2. The van der Waals surface area contributed by atoms with Crippen molar-refractivity contribution in [3.05, 3.63) is 194 Å². The summed E-state index contributed by atoms with van der Waals surface area (Å²) in [5, 5.41) is 20.7. The second-order valence-electron chi connectivity index (χ2n) is 27.9. The zero-order chi connectivity index (χ0) is 80.8. The molecule has 0 aromatic rings. The quantitative estimate of drug-likeness (QED) is 0.0146. The predicted molar refractivity (Wildman–Crippen MR) is 463 cm³/mol. The lowest BCUT2D eigenvalue weighted by molar-refractivity contribution is -0.161. The van der Waals surface area contributed by atoms with Crippen molar-refractivity contribution < 1.29 is 75.8 Å². The van der Waals surface area contributed by atoms with Crippen LogP contribution in [0.1, 0.15) is 316 Å². The lowest BCUT2D eigenvalue weighted by Crippen LogP contribution is -2.30. The Hall–Kier alpha value is -5.61. The molecule has 0 radical (unpaired) electrons. The molecule has 5 atom stereocenters. The smallest absolute Gasteiger partial charge is 0.463 e. The summed E-state index contributed by atoms with van der Waals surface area (Å²) in [6, 6.07) is 0. The number of phosphoric acid groups is 2. The molecule has 0 rings (SSSR count). The van der Waals surface area contributed by atoms with E-state index in [0.29, 0.717) is 19.3 Å². The van der Waals surface area contributed by atoms with Crippen molar-refractivity contribution in [1.29, 1.82) is 0 Å². The van der Waals surface area contributed by atoms with E-state index < -0.39 is 91.5 Å². The van der Waals surface area contributed by atoms with Crippen molar-refractivity contribution in [3.63, 3.8) is 0 Å². The third-order valence-electron chi connectivity index (χ3n) is 17.3. The highest BCUT2D eigenvalue weighted by Crippen LogP contribution is 2.45. The number of phosphoric ester groups is 2. The van der Waals surface area contributed by atoms with E-state index in [4.69, 9.17) is 32.3 Å². The van der Waals surface area contributed by atoms with E-state index in [2.05, 4.69) is 215 Å².